The van der Waals surface area contributed by atoms with E-state index in [9.17, 15) is 9.59 Å². The number of amides is 2. The van der Waals surface area contributed by atoms with Crippen LogP contribution in [0.4, 0.5) is 0 Å². The molecule has 0 aliphatic rings. The summed E-state index contributed by atoms with van der Waals surface area (Å²) in [6.07, 6.45) is 1.39. The zero-order valence-electron chi connectivity index (χ0n) is 12.9. The highest BCUT2D eigenvalue weighted by Gasteiger charge is 2.22. The standard InChI is InChI=1S/C17H17N3O3S/c18-8-9-19-16(21)14(20-17(22)15-7-4-10-23-15)12-24-11-13-5-2-1-3-6-13/h1-7,10,14H,9,11-12H2,(H,19,21)(H,20,22). The number of nitrogens with one attached hydrogen (secondary N) is 2. The molecular weight excluding hydrogens is 326 g/mol. The minimum Gasteiger partial charge on any atom is -0.459 e. The largest absolute Gasteiger partial charge is 0.459 e. The van der Waals surface area contributed by atoms with Crippen LogP contribution in [0.1, 0.15) is 16.1 Å². The van der Waals surface area contributed by atoms with Gasteiger partial charge in [0.2, 0.25) is 5.91 Å². The van der Waals surface area contributed by atoms with Crippen LogP contribution < -0.4 is 10.6 Å². The predicted octanol–water partition coefficient (Wildman–Crippen LogP) is 1.95. The lowest BCUT2D eigenvalue weighted by Gasteiger charge is -2.16. The highest BCUT2D eigenvalue weighted by atomic mass is 32.2. The molecule has 124 valence electrons. The number of hydrogen-bond acceptors (Lipinski definition) is 5. The summed E-state index contributed by atoms with van der Waals surface area (Å²) in [5, 5.41) is 13.7. The first kappa shape index (κ1) is 17.6. The van der Waals surface area contributed by atoms with E-state index in [0.29, 0.717) is 5.75 Å². The topological polar surface area (TPSA) is 95.1 Å². The number of carbonyl (C=O) groups is 2. The molecule has 1 aromatic carbocycles. The second-order valence-electron chi connectivity index (χ2n) is 4.88. The van der Waals surface area contributed by atoms with Gasteiger partial charge in [-0.3, -0.25) is 9.59 Å². The van der Waals surface area contributed by atoms with Gasteiger partial charge in [0, 0.05) is 11.5 Å². The molecule has 2 N–H and O–H groups in total. The van der Waals surface area contributed by atoms with Gasteiger partial charge in [-0.1, -0.05) is 30.3 Å². The molecule has 2 rings (SSSR count). The van der Waals surface area contributed by atoms with Crippen molar-refractivity contribution >= 4 is 23.6 Å². The third kappa shape index (κ3) is 5.48. The lowest BCUT2D eigenvalue weighted by atomic mass is 10.2. The van der Waals surface area contributed by atoms with Gasteiger partial charge < -0.3 is 15.1 Å². The molecule has 0 aliphatic heterocycles. The fourth-order valence-electron chi connectivity index (χ4n) is 1.94. The van der Waals surface area contributed by atoms with Crippen LogP contribution >= 0.6 is 11.8 Å². The number of hydrogen-bond donors (Lipinski definition) is 2. The van der Waals surface area contributed by atoms with Gasteiger partial charge in [0.25, 0.3) is 5.91 Å². The van der Waals surface area contributed by atoms with Crippen molar-refractivity contribution in [2.24, 2.45) is 0 Å². The fraction of sp³-hybridized carbons (Fsp3) is 0.235. The van der Waals surface area contributed by atoms with E-state index in [1.54, 1.807) is 6.07 Å². The number of thioether (sulfide) groups is 1. The molecule has 0 saturated carbocycles. The maximum atomic E-state index is 12.1. The van der Waals surface area contributed by atoms with E-state index in [1.165, 1.54) is 24.1 Å². The van der Waals surface area contributed by atoms with Gasteiger partial charge in [-0.05, 0) is 17.7 Å². The van der Waals surface area contributed by atoms with Crippen LogP contribution in [-0.2, 0) is 10.5 Å². The summed E-state index contributed by atoms with van der Waals surface area (Å²) in [5.74, 6) is 0.397. The van der Waals surface area contributed by atoms with Gasteiger partial charge in [0.05, 0.1) is 12.3 Å². The number of nitriles is 1. The summed E-state index contributed by atoms with van der Waals surface area (Å²) < 4.78 is 5.03. The minimum atomic E-state index is -0.746. The van der Waals surface area contributed by atoms with E-state index in [2.05, 4.69) is 10.6 Å². The Morgan fingerprint density at radius 2 is 2.00 bits per heavy atom. The minimum absolute atomic E-state index is 0.102. The van der Waals surface area contributed by atoms with E-state index < -0.39 is 17.9 Å². The Balaban J connectivity index is 1.93. The third-order valence-electron chi connectivity index (χ3n) is 3.10. The Hall–Kier alpha value is -2.72. The maximum absolute atomic E-state index is 12.1. The van der Waals surface area contributed by atoms with Crippen LogP contribution in [0.3, 0.4) is 0 Å². The molecule has 2 aromatic rings. The molecule has 24 heavy (non-hydrogen) atoms. The molecule has 1 unspecified atom stereocenters. The van der Waals surface area contributed by atoms with Crippen molar-refractivity contribution in [2.45, 2.75) is 11.8 Å². The Kier molecular flexibility index (Phi) is 6.92. The molecule has 7 heteroatoms. The van der Waals surface area contributed by atoms with Gasteiger partial charge >= 0.3 is 0 Å². The molecule has 6 nitrogen and oxygen atoms in total. The van der Waals surface area contributed by atoms with Crippen LogP contribution in [0.5, 0.6) is 0 Å². The molecular formula is C17H17N3O3S. The van der Waals surface area contributed by atoms with Crippen molar-refractivity contribution in [3.63, 3.8) is 0 Å². The summed E-state index contributed by atoms with van der Waals surface area (Å²) in [6.45, 7) is -0.102. The summed E-state index contributed by atoms with van der Waals surface area (Å²) in [6, 6.07) is 14.1. The van der Waals surface area contributed by atoms with Gasteiger partial charge in [0.15, 0.2) is 5.76 Å². The monoisotopic (exact) mass is 343 g/mol. The molecule has 0 aliphatic carbocycles. The number of furan rings is 1. The summed E-state index contributed by atoms with van der Waals surface area (Å²) in [7, 11) is 0. The predicted molar refractivity (Wildman–Crippen MR) is 91.2 cm³/mol. The average Bonchev–Trinajstić information content (AvgIpc) is 3.14. The van der Waals surface area contributed by atoms with Crippen LogP contribution in [0, 0.1) is 11.3 Å². The van der Waals surface area contributed by atoms with Gasteiger partial charge in [0.1, 0.15) is 12.6 Å². The van der Waals surface area contributed by atoms with Gasteiger partial charge in [-0.2, -0.15) is 17.0 Å². The lowest BCUT2D eigenvalue weighted by Crippen LogP contribution is -2.48. The van der Waals surface area contributed by atoms with Gasteiger partial charge in [-0.25, -0.2) is 0 Å². The number of benzene rings is 1. The first-order valence-corrected chi connectivity index (χ1v) is 8.47. The van der Waals surface area contributed by atoms with Crippen LogP contribution in [0.2, 0.25) is 0 Å². The SMILES string of the molecule is N#CCNC(=O)C(CSCc1ccccc1)NC(=O)c1ccco1. The van der Waals surface area contributed by atoms with E-state index in [-0.39, 0.29) is 12.3 Å². The van der Waals surface area contributed by atoms with E-state index >= 15 is 0 Å². The van der Waals surface area contributed by atoms with Crippen LogP contribution in [0.15, 0.2) is 53.1 Å². The van der Waals surface area contributed by atoms with Crippen molar-refractivity contribution in [2.75, 3.05) is 12.3 Å². The van der Waals surface area contributed by atoms with E-state index in [0.717, 1.165) is 11.3 Å². The Bertz CT molecular complexity index is 696. The van der Waals surface area contributed by atoms with Crippen LogP contribution in [-0.4, -0.2) is 30.2 Å². The van der Waals surface area contributed by atoms with Crippen molar-refractivity contribution in [1.29, 1.82) is 5.26 Å². The lowest BCUT2D eigenvalue weighted by molar-refractivity contribution is -0.122. The quantitative estimate of drug-likeness (QED) is 0.714. The Morgan fingerprint density at radius 1 is 1.21 bits per heavy atom. The molecule has 0 spiro atoms. The van der Waals surface area contributed by atoms with E-state index in [4.69, 9.17) is 9.68 Å². The molecule has 0 radical (unpaired) electrons. The highest BCUT2D eigenvalue weighted by Crippen LogP contribution is 2.13. The highest BCUT2D eigenvalue weighted by molar-refractivity contribution is 7.98. The molecule has 0 saturated heterocycles. The number of nitrogens with zero attached hydrogens (tertiary/aromatic N) is 1. The van der Waals surface area contributed by atoms with Crippen molar-refractivity contribution in [3.8, 4) is 6.07 Å². The second kappa shape index (κ2) is 9.43. The smallest absolute Gasteiger partial charge is 0.287 e. The Morgan fingerprint density at radius 3 is 2.67 bits per heavy atom. The van der Waals surface area contributed by atoms with Crippen molar-refractivity contribution in [3.05, 3.63) is 60.1 Å². The van der Waals surface area contributed by atoms with Gasteiger partial charge in [-0.15, -0.1) is 0 Å². The zero-order chi connectivity index (χ0) is 17.2. The third-order valence-corrected chi connectivity index (χ3v) is 4.21. The molecule has 0 fully saturated rings. The molecule has 1 aromatic heterocycles. The number of carbonyl (C=O) groups excluding carboxylic acids is 2. The molecule has 2 amide bonds. The van der Waals surface area contributed by atoms with Crippen LogP contribution in [0.25, 0.3) is 0 Å². The maximum Gasteiger partial charge on any atom is 0.287 e. The summed E-state index contributed by atoms with van der Waals surface area (Å²) in [5.41, 5.74) is 1.14. The summed E-state index contributed by atoms with van der Waals surface area (Å²) >= 11 is 1.53. The van der Waals surface area contributed by atoms with E-state index in [1.807, 2.05) is 36.4 Å². The normalized spacial score (nSPS) is 11.3. The number of rotatable bonds is 8. The molecule has 1 atom stereocenters. The second-order valence-corrected chi connectivity index (χ2v) is 5.91. The van der Waals surface area contributed by atoms with Crippen molar-refractivity contribution in [1.82, 2.24) is 10.6 Å². The first-order chi connectivity index (χ1) is 11.7. The summed E-state index contributed by atoms with van der Waals surface area (Å²) in [4.78, 5) is 24.2. The average molecular weight is 343 g/mol. The zero-order valence-corrected chi connectivity index (χ0v) is 13.7. The fourth-order valence-corrected chi connectivity index (χ4v) is 2.96. The molecule has 1 heterocycles. The van der Waals surface area contributed by atoms with Crippen molar-refractivity contribution < 1.29 is 14.0 Å². The Labute approximate surface area is 144 Å². The first-order valence-electron chi connectivity index (χ1n) is 7.31. The molecule has 0 bridgehead atoms.